The standard InChI is InChI=1S/C15H22.CH4/c1-5-9-12-14(8-4)15(11-7-3)13-10-6-2;/h6-13H,5H2,1-4H3;1H4/b10-6+,11-7-,12-9-,14-8+,15-13+;. The van der Waals surface area contributed by atoms with Crippen LogP contribution in [0.5, 0.6) is 0 Å². The summed E-state index contributed by atoms with van der Waals surface area (Å²) in [4.78, 5) is 0. The molecule has 0 bridgehead atoms. The van der Waals surface area contributed by atoms with Crippen molar-refractivity contribution in [1.82, 2.24) is 0 Å². The Kier molecular flexibility index (Phi) is 12.6. The Morgan fingerprint density at radius 2 is 1.62 bits per heavy atom. The lowest BCUT2D eigenvalue weighted by molar-refractivity contribution is 1.22. The van der Waals surface area contributed by atoms with Crippen LogP contribution in [0.1, 0.15) is 41.5 Å². The van der Waals surface area contributed by atoms with Gasteiger partial charge in [0.2, 0.25) is 0 Å². The Morgan fingerprint density at radius 1 is 0.938 bits per heavy atom. The molecule has 0 saturated heterocycles. The van der Waals surface area contributed by atoms with E-state index in [1.165, 1.54) is 11.1 Å². The van der Waals surface area contributed by atoms with E-state index < -0.39 is 0 Å². The molecule has 0 atom stereocenters. The molecule has 0 rings (SSSR count). The van der Waals surface area contributed by atoms with Gasteiger partial charge >= 0.3 is 0 Å². The van der Waals surface area contributed by atoms with Crippen molar-refractivity contribution in [3.05, 3.63) is 59.8 Å². The first kappa shape index (κ1) is 17.1. The fourth-order valence-electron chi connectivity index (χ4n) is 1.23. The minimum Gasteiger partial charge on any atom is -0.0876 e. The summed E-state index contributed by atoms with van der Waals surface area (Å²) in [6, 6.07) is 0. The molecular weight excluding hydrogens is 192 g/mol. The normalized spacial score (nSPS) is 14.0. The molecule has 0 aliphatic carbocycles. The molecule has 0 aromatic carbocycles. The first-order valence-electron chi connectivity index (χ1n) is 5.59. The van der Waals surface area contributed by atoms with Crippen molar-refractivity contribution in [1.29, 1.82) is 0 Å². The molecule has 0 spiro atoms. The molecule has 0 nitrogen and oxygen atoms in total. The van der Waals surface area contributed by atoms with Gasteiger partial charge in [-0.15, -0.1) is 0 Å². The highest BCUT2D eigenvalue weighted by molar-refractivity contribution is 5.47. The molecule has 0 radical (unpaired) electrons. The van der Waals surface area contributed by atoms with Gasteiger partial charge in [-0.1, -0.05) is 63.0 Å². The van der Waals surface area contributed by atoms with Gasteiger partial charge in [0.1, 0.15) is 0 Å². The average Bonchev–Trinajstić information content (AvgIpc) is 2.26. The molecule has 0 aliphatic rings. The summed E-state index contributed by atoms with van der Waals surface area (Å²) < 4.78 is 0. The molecule has 0 unspecified atom stereocenters. The molecule has 0 saturated carbocycles. The van der Waals surface area contributed by atoms with E-state index in [1.54, 1.807) is 0 Å². The van der Waals surface area contributed by atoms with E-state index in [-0.39, 0.29) is 7.43 Å². The third-order valence-corrected chi connectivity index (χ3v) is 1.99. The highest BCUT2D eigenvalue weighted by Gasteiger charge is 1.94. The molecule has 90 valence electrons. The van der Waals surface area contributed by atoms with Crippen molar-refractivity contribution < 1.29 is 0 Å². The Hall–Kier alpha value is -1.30. The van der Waals surface area contributed by atoms with Crippen molar-refractivity contribution in [2.24, 2.45) is 0 Å². The van der Waals surface area contributed by atoms with E-state index in [4.69, 9.17) is 0 Å². The molecule has 0 aromatic heterocycles. The Morgan fingerprint density at radius 3 is 2.06 bits per heavy atom. The first-order chi connectivity index (χ1) is 7.29. The molecule has 0 aliphatic heterocycles. The van der Waals surface area contributed by atoms with Gasteiger partial charge in [0.25, 0.3) is 0 Å². The van der Waals surface area contributed by atoms with Crippen LogP contribution in [0.3, 0.4) is 0 Å². The monoisotopic (exact) mass is 218 g/mol. The zero-order valence-electron chi connectivity index (χ0n) is 10.3. The van der Waals surface area contributed by atoms with Crippen LogP contribution in [0.25, 0.3) is 0 Å². The summed E-state index contributed by atoms with van der Waals surface area (Å²) >= 11 is 0. The second kappa shape index (κ2) is 11.8. The van der Waals surface area contributed by atoms with E-state index in [0.717, 1.165) is 6.42 Å². The predicted octanol–water partition coefficient (Wildman–Crippen LogP) is 5.61. The fraction of sp³-hybridized carbons (Fsp3) is 0.375. The van der Waals surface area contributed by atoms with Crippen molar-refractivity contribution in [2.75, 3.05) is 0 Å². The summed E-state index contributed by atoms with van der Waals surface area (Å²) in [6.45, 7) is 8.29. The van der Waals surface area contributed by atoms with E-state index in [0.29, 0.717) is 0 Å². The summed E-state index contributed by atoms with van der Waals surface area (Å²) in [5, 5.41) is 0. The Balaban J connectivity index is 0. The van der Waals surface area contributed by atoms with Gasteiger partial charge in [-0.25, -0.2) is 0 Å². The predicted molar refractivity (Wildman–Crippen MR) is 77.6 cm³/mol. The molecule has 0 heterocycles. The third-order valence-electron chi connectivity index (χ3n) is 1.99. The van der Waals surface area contributed by atoms with Crippen LogP contribution >= 0.6 is 0 Å². The Labute approximate surface area is 102 Å². The summed E-state index contributed by atoms with van der Waals surface area (Å²) in [7, 11) is 0. The van der Waals surface area contributed by atoms with Gasteiger partial charge in [-0.2, -0.15) is 0 Å². The molecular formula is C16H26. The lowest BCUT2D eigenvalue weighted by Crippen LogP contribution is -1.82. The maximum absolute atomic E-state index is 2.18. The van der Waals surface area contributed by atoms with E-state index >= 15 is 0 Å². The number of allylic oxidation sites excluding steroid dienone is 10. The van der Waals surface area contributed by atoms with E-state index in [2.05, 4.69) is 56.4 Å². The van der Waals surface area contributed by atoms with Crippen LogP contribution in [-0.2, 0) is 0 Å². The summed E-state index contributed by atoms with van der Waals surface area (Å²) in [5.74, 6) is 0. The smallest absolute Gasteiger partial charge is 0.0191 e. The summed E-state index contributed by atoms with van der Waals surface area (Å²) in [6.07, 6.45) is 18.0. The molecule has 0 fully saturated rings. The third kappa shape index (κ3) is 7.05. The fourth-order valence-corrected chi connectivity index (χ4v) is 1.23. The second-order valence-electron chi connectivity index (χ2n) is 3.20. The van der Waals surface area contributed by atoms with E-state index in [9.17, 15) is 0 Å². The molecule has 16 heavy (non-hydrogen) atoms. The van der Waals surface area contributed by atoms with Crippen LogP contribution in [0, 0.1) is 0 Å². The maximum atomic E-state index is 2.18. The highest BCUT2D eigenvalue weighted by Crippen LogP contribution is 2.14. The first-order valence-corrected chi connectivity index (χ1v) is 5.59. The minimum atomic E-state index is 0. The van der Waals surface area contributed by atoms with Crippen molar-refractivity contribution in [3.63, 3.8) is 0 Å². The lowest BCUT2D eigenvalue weighted by Gasteiger charge is -2.01. The van der Waals surface area contributed by atoms with Crippen LogP contribution in [0.4, 0.5) is 0 Å². The van der Waals surface area contributed by atoms with Crippen molar-refractivity contribution in [2.45, 2.75) is 41.5 Å². The van der Waals surface area contributed by atoms with Gasteiger partial charge in [-0.05, 0) is 38.3 Å². The van der Waals surface area contributed by atoms with Gasteiger partial charge in [0.05, 0.1) is 0 Å². The number of hydrogen-bond donors (Lipinski definition) is 0. The van der Waals surface area contributed by atoms with Crippen molar-refractivity contribution in [3.8, 4) is 0 Å². The molecule has 0 amide bonds. The quantitative estimate of drug-likeness (QED) is 0.526. The minimum absolute atomic E-state index is 0. The molecule has 0 N–H and O–H groups in total. The summed E-state index contributed by atoms with van der Waals surface area (Å²) in [5.41, 5.74) is 2.52. The molecule has 0 heteroatoms. The number of rotatable bonds is 5. The van der Waals surface area contributed by atoms with Gasteiger partial charge < -0.3 is 0 Å². The highest BCUT2D eigenvalue weighted by atomic mass is 14.0. The van der Waals surface area contributed by atoms with Gasteiger partial charge in [0, 0.05) is 0 Å². The van der Waals surface area contributed by atoms with Crippen molar-refractivity contribution >= 4 is 0 Å². The van der Waals surface area contributed by atoms with E-state index in [1.807, 2.05) is 19.9 Å². The second-order valence-corrected chi connectivity index (χ2v) is 3.20. The largest absolute Gasteiger partial charge is 0.0876 e. The van der Waals surface area contributed by atoms with Crippen LogP contribution < -0.4 is 0 Å². The zero-order chi connectivity index (χ0) is 11.5. The maximum Gasteiger partial charge on any atom is -0.0191 e. The zero-order valence-corrected chi connectivity index (χ0v) is 10.3. The van der Waals surface area contributed by atoms with Crippen LogP contribution in [0.2, 0.25) is 0 Å². The Bertz CT molecular complexity index is 296. The van der Waals surface area contributed by atoms with Gasteiger partial charge in [0.15, 0.2) is 0 Å². The lowest BCUT2D eigenvalue weighted by atomic mass is 10.0. The van der Waals surface area contributed by atoms with Gasteiger partial charge in [-0.3, -0.25) is 0 Å². The SMILES string of the molecule is C.C\C=C/C(=C\C=C\C)C(/C=C\CC)=C/C. The number of hydrogen-bond acceptors (Lipinski definition) is 0. The topological polar surface area (TPSA) is 0 Å². The average molecular weight is 218 g/mol. The van der Waals surface area contributed by atoms with Crippen LogP contribution in [-0.4, -0.2) is 0 Å². The van der Waals surface area contributed by atoms with Crippen LogP contribution in [0.15, 0.2) is 59.8 Å². The molecule has 0 aromatic rings.